The van der Waals surface area contributed by atoms with Gasteiger partial charge in [0.15, 0.2) is 11.2 Å². The molecule has 1 aliphatic rings. The second-order valence-electron chi connectivity index (χ2n) is 6.88. The van der Waals surface area contributed by atoms with Crippen LogP contribution < -0.4 is 16.3 Å². The topological polar surface area (TPSA) is 77.4 Å². The Hall–Kier alpha value is -2.38. The molecule has 3 rings (SSSR count). The molecule has 0 bridgehead atoms. The molecule has 0 unspecified atom stereocenters. The summed E-state index contributed by atoms with van der Waals surface area (Å²) in [5, 5.41) is 6.26. The van der Waals surface area contributed by atoms with Crippen molar-refractivity contribution in [1.82, 2.24) is 18.7 Å². The minimum atomic E-state index is -0.347. The van der Waals surface area contributed by atoms with Crippen molar-refractivity contribution in [2.75, 3.05) is 12.1 Å². The lowest BCUT2D eigenvalue weighted by Gasteiger charge is -2.29. The highest BCUT2D eigenvalue weighted by atomic mass is 16.2. The summed E-state index contributed by atoms with van der Waals surface area (Å²) < 4.78 is 4.52. The fourth-order valence-electron chi connectivity index (χ4n) is 2.83. The first kappa shape index (κ1) is 15.5. The summed E-state index contributed by atoms with van der Waals surface area (Å²) in [4.78, 5) is 29.5. The number of fused-ring (bicyclic) bond motifs is 3. The number of hydrogen-bond donors (Lipinski definition) is 0. The van der Waals surface area contributed by atoms with Gasteiger partial charge in [0, 0.05) is 26.1 Å². The zero-order chi connectivity index (χ0) is 17.1. The Morgan fingerprint density at radius 3 is 2.39 bits per heavy atom. The Bertz CT molecular complexity index is 938. The van der Waals surface area contributed by atoms with E-state index in [2.05, 4.69) is 30.9 Å². The van der Waals surface area contributed by atoms with E-state index in [-0.39, 0.29) is 16.7 Å². The van der Waals surface area contributed by atoms with Gasteiger partial charge in [-0.1, -0.05) is 20.8 Å². The van der Waals surface area contributed by atoms with Crippen LogP contribution in [0.3, 0.4) is 0 Å². The van der Waals surface area contributed by atoms with Crippen LogP contribution in [-0.2, 0) is 20.1 Å². The Kier molecular flexibility index (Phi) is 3.24. The molecule has 8 heteroatoms. The first-order valence-electron chi connectivity index (χ1n) is 7.68. The lowest BCUT2D eigenvalue weighted by molar-refractivity contribution is 0.554. The maximum absolute atomic E-state index is 12.8. The molecule has 124 valence electrons. The van der Waals surface area contributed by atoms with Crippen LogP contribution in [0.5, 0.6) is 0 Å². The lowest BCUT2D eigenvalue weighted by Crippen LogP contribution is -2.40. The maximum Gasteiger partial charge on any atom is 0.332 e. The molecular weight excluding hydrogens is 296 g/mol. The van der Waals surface area contributed by atoms with E-state index in [1.807, 2.05) is 4.57 Å². The van der Waals surface area contributed by atoms with Crippen LogP contribution in [0, 0.1) is 5.41 Å². The zero-order valence-corrected chi connectivity index (χ0v) is 14.4. The first-order chi connectivity index (χ1) is 10.7. The third-order valence-corrected chi connectivity index (χ3v) is 4.26. The van der Waals surface area contributed by atoms with E-state index < -0.39 is 0 Å². The molecule has 2 aromatic heterocycles. The highest BCUT2D eigenvalue weighted by Crippen LogP contribution is 2.27. The number of rotatable bonds is 1. The molecular formula is C15H22N6O2. The fraction of sp³-hybridized carbons (Fsp3) is 0.600. The van der Waals surface area contributed by atoms with E-state index in [1.54, 1.807) is 26.0 Å². The second-order valence-corrected chi connectivity index (χ2v) is 6.88. The molecule has 3 heterocycles. The van der Waals surface area contributed by atoms with Crippen molar-refractivity contribution >= 4 is 22.8 Å². The smallest absolute Gasteiger partial charge is 0.297 e. The van der Waals surface area contributed by atoms with Crippen LogP contribution in [-0.4, -0.2) is 31.4 Å². The summed E-state index contributed by atoms with van der Waals surface area (Å²) in [5.41, 5.74) is 1.05. The van der Waals surface area contributed by atoms with Crippen molar-refractivity contribution in [1.29, 1.82) is 0 Å². The van der Waals surface area contributed by atoms with Crippen LogP contribution in [0.2, 0.25) is 0 Å². The van der Waals surface area contributed by atoms with Gasteiger partial charge in [0.25, 0.3) is 5.56 Å². The summed E-state index contributed by atoms with van der Waals surface area (Å²) in [5.74, 6) is 0.578. The van der Waals surface area contributed by atoms with Gasteiger partial charge in [-0.05, 0) is 6.92 Å². The van der Waals surface area contributed by atoms with Crippen molar-refractivity contribution in [3.05, 3.63) is 20.8 Å². The predicted octanol–water partition coefficient (Wildman–Crippen LogP) is 0.768. The normalized spacial score (nSPS) is 15.0. The van der Waals surface area contributed by atoms with Gasteiger partial charge in [-0.15, -0.1) is 0 Å². The number of hydrogen-bond acceptors (Lipinski definition) is 5. The van der Waals surface area contributed by atoms with Crippen LogP contribution in [0.25, 0.3) is 11.2 Å². The summed E-state index contributed by atoms with van der Waals surface area (Å²) >= 11 is 0. The van der Waals surface area contributed by atoms with E-state index in [1.165, 1.54) is 9.13 Å². The van der Waals surface area contributed by atoms with Gasteiger partial charge < -0.3 is 0 Å². The van der Waals surface area contributed by atoms with Crippen molar-refractivity contribution < 1.29 is 0 Å². The van der Waals surface area contributed by atoms with Crippen LogP contribution >= 0.6 is 0 Å². The second kappa shape index (κ2) is 4.81. The van der Waals surface area contributed by atoms with Gasteiger partial charge in [0.2, 0.25) is 5.95 Å². The number of aromatic nitrogens is 4. The molecule has 0 amide bonds. The predicted molar refractivity (Wildman–Crippen MR) is 90.2 cm³/mol. The van der Waals surface area contributed by atoms with E-state index in [0.29, 0.717) is 30.2 Å². The van der Waals surface area contributed by atoms with Crippen LogP contribution in [0.1, 0.15) is 27.7 Å². The Labute approximate surface area is 133 Å². The Morgan fingerprint density at radius 1 is 1.17 bits per heavy atom. The van der Waals surface area contributed by atoms with E-state index in [0.717, 1.165) is 5.71 Å². The zero-order valence-electron chi connectivity index (χ0n) is 14.4. The van der Waals surface area contributed by atoms with E-state index >= 15 is 0 Å². The molecule has 0 radical (unpaired) electrons. The van der Waals surface area contributed by atoms with Crippen molar-refractivity contribution in [2.45, 2.75) is 40.8 Å². The number of nitrogens with zero attached hydrogens (tertiary/aromatic N) is 6. The van der Waals surface area contributed by atoms with E-state index in [4.69, 9.17) is 0 Å². The van der Waals surface area contributed by atoms with Gasteiger partial charge in [0.05, 0.1) is 12.3 Å². The van der Waals surface area contributed by atoms with Gasteiger partial charge in [-0.25, -0.2) is 9.80 Å². The minimum absolute atomic E-state index is 0.118. The van der Waals surface area contributed by atoms with E-state index in [9.17, 15) is 9.59 Å². The Balaban J connectivity index is 2.37. The maximum atomic E-state index is 12.8. The van der Waals surface area contributed by atoms with Crippen molar-refractivity contribution in [2.24, 2.45) is 17.6 Å². The highest BCUT2D eigenvalue weighted by molar-refractivity contribution is 5.93. The average Bonchev–Trinajstić information content (AvgIpc) is 2.85. The van der Waals surface area contributed by atoms with Crippen LogP contribution in [0.4, 0.5) is 5.95 Å². The largest absolute Gasteiger partial charge is 0.332 e. The molecule has 0 saturated carbocycles. The summed E-state index contributed by atoms with van der Waals surface area (Å²) in [6.45, 7) is 8.88. The summed E-state index contributed by atoms with van der Waals surface area (Å²) in [6, 6.07) is 0. The standard InChI is InChI=1S/C15H22N6O2/c1-7-20-12(22)10-11(18(5)14(20)23)16-13-19(6)17-9(8-21(10)13)15(2,3)4/h7-8H2,1-6H3. The molecule has 0 aromatic carbocycles. The Morgan fingerprint density at radius 2 is 1.83 bits per heavy atom. The van der Waals surface area contributed by atoms with Crippen molar-refractivity contribution in [3.63, 3.8) is 0 Å². The molecule has 0 fully saturated rings. The molecule has 8 nitrogen and oxygen atoms in total. The van der Waals surface area contributed by atoms with Gasteiger partial charge in [-0.3, -0.25) is 18.5 Å². The summed E-state index contributed by atoms with van der Waals surface area (Å²) in [6.07, 6.45) is 0. The van der Waals surface area contributed by atoms with Crippen molar-refractivity contribution in [3.8, 4) is 0 Å². The molecule has 0 N–H and O–H groups in total. The number of aryl methyl sites for hydroxylation is 1. The minimum Gasteiger partial charge on any atom is -0.297 e. The molecule has 1 aliphatic heterocycles. The highest BCUT2D eigenvalue weighted by Gasteiger charge is 2.30. The summed E-state index contributed by atoms with van der Waals surface area (Å²) in [7, 11) is 3.44. The average molecular weight is 318 g/mol. The quantitative estimate of drug-likeness (QED) is 0.778. The number of hydrazone groups is 1. The monoisotopic (exact) mass is 318 g/mol. The third-order valence-electron chi connectivity index (χ3n) is 4.26. The number of anilines is 1. The molecule has 2 aromatic rings. The van der Waals surface area contributed by atoms with Gasteiger partial charge >= 0.3 is 5.69 Å². The molecule has 0 aliphatic carbocycles. The number of imidazole rings is 1. The third kappa shape index (κ3) is 2.12. The molecule has 0 atom stereocenters. The molecule has 0 spiro atoms. The van der Waals surface area contributed by atoms with Crippen LogP contribution in [0.15, 0.2) is 14.7 Å². The fourth-order valence-corrected chi connectivity index (χ4v) is 2.83. The molecule has 23 heavy (non-hydrogen) atoms. The first-order valence-corrected chi connectivity index (χ1v) is 7.68. The lowest BCUT2D eigenvalue weighted by atomic mass is 9.89. The SMILES string of the molecule is CCn1c(=O)c2c(nc3n2CC(C(C)(C)C)=NN3C)n(C)c1=O. The van der Waals surface area contributed by atoms with Gasteiger partial charge in [0.1, 0.15) is 0 Å². The molecule has 0 saturated heterocycles. The van der Waals surface area contributed by atoms with Gasteiger partial charge in [-0.2, -0.15) is 10.1 Å².